The minimum absolute atomic E-state index is 0.0220. The first-order valence-electron chi connectivity index (χ1n) is 6.41. The van der Waals surface area contributed by atoms with Crippen LogP contribution in [0.1, 0.15) is 30.6 Å². The topological polar surface area (TPSA) is 72.6 Å². The molecule has 0 bridgehead atoms. The van der Waals surface area contributed by atoms with Gasteiger partial charge in [0.15, 0.2) is 5.78 Å². The van der Waals surface area contributed by atoms with Gasteiger partial charge in [-0.3, -0.25) is 9.59 Å². The first kappa shape index (κ1) is 13.5. The van der Waals surface area contributed by atoms with E-state index in [1.165, 1.54) is 0 Å². The Morgan fingerprint density at radius 1 is 1.47 bits per heavy atom. The van der Waals surface area contributed by atoms with E-state index in [1.54, 1.807) is 23.1 Å². The molecule has 1 aromatic rings. The van der Waals surface area contributed by atoms with Gasteiger partial charge in [-0.05, 0) is 25.1 Å². The van der Waals surface area contributed by atoms with Crippen molar-refractivity contribution in [3.05, 3.63) is 23.8 Å². The molecule has 1 heterocycles. The second-order valence-electron chi connectivity index (χ2n) is 4.60. The third-order valence-electron chi connectivity index (χ3n) is 3.13. The Labute approximate surface area is 112 Å². The predicted molar refractivity (Wildman–Crippen MR) is 72.6 cm³/mol. The minimum atomic E-state index is -0.148. The van der Waals surface area contributed by atoms with Crippen LogP contribution in [0.25, 0.3) is 0 Å². The summed E-state index contributed by atoms with van der Waals surface area (Å²) in [4.78, 5) is 25.3. The number of nitrogens with zero attached hydrogens (tertiary/aromatic N) is 1. The summed E-state index contributed by atoms with van der Waals surface area (Å²) in [6.45, 7) is 4.19. The monoisotopic (exact) mass is 262 g/mol. The number of nitrogens with two attached hydrogens (primary N) is 1. The van der Waals surface area contributed by atoms with Gasteiger partial charge in [-0.2, -0.15) is 0 Å². The number of fused-ring (bicyclic) bond motifs is 1. The molecule has 2 rings (SSSR count). The second kappa shape index (κ2) is 5.40. The largest absolute Gasteiger partial charge is 0.487 e. The summed E-state index contributed by atoms with van der Waals surface area (Å²) in [7, 11) is 0. The normalized spacial score (nSPS) is 17.6. The lowest BCUT2D eigenvalue weighted by Crippen LogP contribution is -2.42. The highest BCUT2D eigenvalue weighted by atomic mass is 16.5. The van der Waals surface area contributed by atoms with Crippen LogP contribution < -0.4 is 15.4 Å². The van der Waals surface area contributed by atoms with E-state index >= 15 is 0 Å². The smallest absolute Gasteiger partial charge is 0.226 e. The molecule has 0 saturated carbocycles. The van der Waals surface area contributed by atoms with Crippen LogP contribution in [0.15, 0.2) is 18.2 Å². The van der Waals surface area contributed by atoms with Gasteiger partial charge >= 0.3 is 0 Å². The lowest BCUT2D eigenvalue weighted by atomic mass is 10.1. The average molecular weight is 262 g/mol. The number of hydrogen-bond acceptors (Lipinski definition) is 4. The van der Waals surface area contributed by atoms with E-state index in [9.17, 15) is 9.59 Å². The number of rotatable bonds is 3. The minimum Gasteiger partial charge on any atom is -0.487 e. The lowest BCUT2D eigenvalue weighted by molar-refractivity contribution is -0.118. The van der Waals surface area contributed by atoms with E-state index in [4.69, 9.17) is 10.5 Å². The van der Waals surface area contributed by atoms with E-state index in [2.05, 4.69) is 0 Å². The third-order valence-corrected chi connectivity index (χ3v) is 3.13. The first-order valence-corrected chi connectivity index (χ1v) is 6.41. The summed E-state index contributed by atoms with van der Waals surface area (Å²) in [5.74, 6) is 0.508. The van der Waals surface area contributed by atoms with Gasteiger partial charge in [0.05, 0.1) is 18.8 Å². The summed E-state index contributed by atoms with van der Waals surface area (Å²) in [6, 6.07) is 5.09. The fourth-order valence-corrected chi connectivity index (χ4v) is 2.16. The molecule has 1 aliphatic heterocycles. The molecule has 0 aromatic heterocycles. The van der Waals surface area contributed by atoms with Crippen LogP contribution in [-0.4, -0.2) is 30.9 Å². The predicted octanol–water partition coefficient (Wildman–Crippen LogP) is 1.35. The van der Waals surface area contributed by atoms with E-state index in [0.29, 0.717) is 30.0 Å². The zero-order valence-electron chi connectivity index (χ0n) is 11.2. The van der Waals surface area contributed by atoms with Crippen molar-refractivity contribution in [3.63, 3.8) is 0 Å². The SMILES string of the molecule is CCC(=O)N1CC(C)Oc2ccc(C(=O)CN)cc21. The van der Waals surface area contributed by atoms with Crippen LogP contribution in [-0.2, 0) is 4.79 Å². The molecule has 1 aliphatic rings. The molecule has 102 valence electrons. The quantitative estimate of drug-likeness (QED) is 0.835. The summed E-state index contributed by atoms with van der Waals surface area (Å²) in [5.41, 5.74) is 6.53. The maximum atomic E-state index is 12.0. The van der Waals surface area contributed by atoms with Gasteiger partial charge in [-0.1, -0.05) is 6.92 Å². The molecule has 0 saturated heterocycles. The number of amides is 1. The number of anilines is 1. The van der Waals surface area contributed by atoms with Crippen LogP contribution in [0.4, 0.5) is 5.69 Å². The maximum Gasteiger partial charge on any atom is 0.226 e. The van der Waals surface area contributed by atoms with Crippen molar-refractivity contribution in [1.29, 1.82) is 0 Å². The lowest BCUT2D eigenvalue weighted by Gasteiger charge is -2.33. The fourth-order valence-electron chi connectivity index (χ4n) is 2.16. The first-order chi connectivity index (χ1) is 9.06. The van der Waals surface area contributed by atoms with Crippen molar-refractivity contribution >= 4 is 17.4 Å². The molecule has 19 heavy (non-hydrogen) atoms. The summed E-state index contributed by atoms with van der Waals surface area (Å²) < 4.78 is 5.69. The standard InChI is InChI=1S/C14H18N2O3/c1-3-14(18)16-8-9(2)19-13-5-4-10(6-11(13)16)12(17)7-15/h4-6,9H,3,7-8,15H2,1-2H3. The van der Waals surface area contributed by atoms with Crippen molar-refractivity contribution in [3.8, 4) is 5.75 Å². The highest BCUT2D eigenvalue weighted by molar-refractivity contribution is 6.01. The van der Waals surface area contributed by atoms with E-state index in [1.807, 2.05) is 13.8 Å². The number of carbonyl (C=O) groups is 2. The average Bonchev–Trinajstić information content (AvgIpc) is 2.44. The van der Waals surface area contributed by atoms with Crippen LogP contribution in [0.3, 0.4) is 0 Å². The Bertz CT molecular complexity index is 513. The van der Waals surface area contributed by atoms with Crippen molar-refractivity contribution in [2.24, 2.45) is 5.73 Å². The Hall–Kier alpha value is -1.88. The van der Waals surface area contributed by atoms with Gasteiger partial charge < -0.3 is 15.4 Å². The van der Waals surface area contributed by atoms with Gasteiger partial charge in [-0.25, -0.2) is 0 Å². The van der Waals surface area contributed by atoms with Crippen molar-refractivity contribution in [2.75, 3.05) is 18.0 Å². The van der Waals surface area contributed by atoms with Crippen LogP contribution >= 0.6 is 0 Å². The summed E-state index contributed by atoms with van der Waals surface area (Å²) >= 11 is 0. The van der Waals surface area contributed by atoms with E-state index in [-0.39, 0.29) is 24.3 Å². The molecular weight excluding hydrogens is 244 g/mol. The van der Waals surface area contributed by atoms with Crippen molar-refractivity contribution in [1.82, 2.24) is 0 Å². The zero-order valence-corrected chi connectivity index (χ0v) is 11.2. The number of ether oxygens (including phenoxy) is 1. The Kier molecular flexibility index (Phi) is 3.85. The van der Waals surface area contributed by atoms with Crippen molar-refractivity contribution < 1.29 is 14.3 Å². The molecule has 0 spiro atoms. The zero-order chi connectivity index (χ0) is 14.0. The van der Waals surface area contributed by atoms with Crippen LogP contribution in [0.5, 0.6) is 5.75 Å². The Balaban J connectivity index is 2.44. The number of hydrogen-bond donors (Lipinski definition) is 1. The molecule has 1 aromatic carbocycles. The van der Waals surface area contributed by atoms with Gasteiger partial charge in [0.25, 0.3) is 0 Å². The molecular formula is C14H18N2O3. The molecule has 2 N–H and O–H groups in total. The van der Waals surface area contributed by atoms with Gasteiger partial charge in [0.2, 0.25) is 5.91 Å². The molecule has 1 amide bonds. The highest BCUT2D eigenvalue weighted by Crippen LogP contribution is 2.34. The fraction of sp³-hybridized carbons (Fsp3) is 0.429. The number of carbonyl (C=O) groups excluding carboxylic acids is 2. The van der Waals surface area contributed by atoms with Crippen LogP contribution in [0, 0.1) is 0 Å². The number of ketones is 1. The van der Waals surface area contributed by atoms with Crippen molar-refractivity contribution in [2.45, 2.75) is 26.4 Å². The second-order valence-corrected chi connectivity index (χ2v) is 4.60. The molecule has 5 nitrogen and oxygen atoms in total. The molecule has 0 fully saturated rings. The number of benzene rings is 1. The van der Waals surface area contributed by atoms with Gasteiger partial charge in [0.1, 0.15) is 11.9 Å². The maximum absolute atomic E-state index is 12.0. The van der Waals surface area contributed by atoms with E-state index in [0.717, 1.165) is 0 Å². The molecule has 1 atom stereocenters. The molecule has 0 aliphatic carbocycles. The summed E-state index contributed by atoms with van der Waals surface area (Å²) in [6.07, 6.45) is 0.361. The highest BCUT2D eigenvalue weighted by Gasteiger charge is 2.27. The number of Topliss-reactive ketones (excluding diaryl/α,β-unsaturated/α-hetero) is 1. The molecule has 0 radical (unpaired) electrons. The molecule has 1 unspecified atom stereocenters. The van der Waals surface area contributed by atoms with Crippen LogP contribution in [0.2, 0.25) is 0 Å². The Morgan fingerprint density at radius 2 is 2.21 bits per heavy atom. The third kappa shape index (κ3) is 2.61. The molecule has 5 heteroatoms. The van der Waals surface area contributed by atoms with Gasteiger partial charge in [-0.15, -0.1) is 0 Å². The Morgan fingerprint density at radius 3 is 2.84 bits per heavy atom. The summed E-state index contributed by atoms with van der Waals surface area (Å²) in [5, 5.41) is 0. The van der Waals surface area contributed by atoms with E-state index < -0.39 is 0 Å². The van der Waals surface area contributed by atoms with Gasteiger partial charge in [0, 0.05) is 12.0 Å².